The van der Waals surface area contributed by atoms with Crippen LogP contribution in [0.4, 0.5) is 13.2 Å². The Morgan fingerprint density at radius 2 is 1.70 bits per heavy atom. The van der Waals surface area contributed by atoms with Crippen molar-refractivity contribution in [2.24, 2.45) is 5.73 Å². The Hall–Kier alpha value is -0.0000000000000000555. The lowest BCUT2D eigenvalue weighted by atomic mass is 10.2. The first-order valence-electron chi connectivity index (χ1n) is 2.36. The summed E-state index contributed by atoms with van der Waals surface area (Å²) in [6.45, 7) is 0.998. The first-order valence-corrected chi connectivity index (χ1v) is 2.36. The summed E-state index contributed by atoms with van der Waals surface area (Å²) >= 11 is 0. The van der Waals surface area contributed by atoms with Crippen molar-refractivity contribution in [1.82, 2.24) is 0 Å². The van der Waals surface area contributed by atoms with Crippen molar-refractivity contribution in [3.05, 3.63) is 0 Å². The fourth-order valence-corrected chi connectivity index (χ4v) is 0.273. The molecule has 0 spiro atoms. The Balaban J connectivity index is 0. The molecule has 0 radical (unpaired) electrons. The molecule has 0 saturated carbocycles. The number of halogens is 4. The van der Waals surface area contributed by atoms with Crippen LogP contribution in [-0.2, 0) is 0 Å². The quantitative estimate of drug-likeness (QED) is 0.622. The summed E-state index contributed by atoms with van der Waals surface area (Å²) in [6.07, 6.45) is -6.03. The molecule has 2 nitrogen and oxygen atoms in total. The van der Waals surface area contributed by atoms with E-state index in [-0.39, 0.29) is 12.4 Å². The van der Waals surface area contributed by atoms with Crippen LogP contribution in [0.5, 0.6) is 0 Å². The van der Waals surface area contributed by atoms with Gasteiger partial charge in [-0.15, -0.1) is 12.4 Å². The van der Waals surface area contributed by atoms with E-state index in [4.69, 9.17) is 5.11 Å². The van der Waals surface area contributed by atoms with Gasteiger partial charge in [-0.1, -0.05) is 0 Å². The molecule has 3 N–H and O–H groups in total. The summed E-state index contributed by atoms with van der Waals surface area (Å²) < 4.78 is 34.2. The van der Waals surface area contributed by atoms with E-state index in [1.54, 1.807) is 0 Å². The molecule has 0 fully saturated rings. The molecule has 64 valence electrons. The summed E-state index contributed by atoms with van der Waals surface area (Å²) in [6, 6.07) is -2.13. The molecule has 0 bridgehead atoms. The molecular formula is C4H9ClF3NO. The molecule has 0 aromatic carbocycles. The van der Waals surface area contributed by atoms with Gasteiger partial charge in [-0.05, 0) is 6.92 Å². The van der Waals surface area contributed by atoms with Gasteiger partial charge in [-0.3, -0.25) is 0 Å². The lowest BCUT2D eigenvalue weighted by Crippen LogP contribution is -2.45. The molecule has 0 aliphatic carbocycles. The zero-order valence-corrected chi connectivity index (χ0v) is 6.04. The minimum atomic E-state index is -4.49. The summed E-state index contributed by atoms with van der Waals surface area (Å²) in [4.78, 5) is 0. The van der Waals surface area contributed by atoms with Gasteiger partial charge in [0.05, 0.1) is 6.10 Å². The number of aliphatic hydroxyl groups is 1. The molecule has 2 atom stereocenters. The minimum absolute atomic E-state index is 0. The third-order valence-corrected chi connectivity index (χ3v) is 0.898. The third-order valence-electron chi connectivity index (χ3n) is 0.898. The van der Waals surface area contributed by atoms with Crippen molar-refractivity contribution in [3.8, 4) is 0 Å². The number of alkyl halides is 3. The molecule has 0 aromatic heterocycles. The van der Waals surface area contributed by atoms with Crippen LogP contribution in [-0.4, -0.2) is 23.4 Å². The van der Waals surface area contributed by atoms with Crippen LogP contribution in [0, 0.1) is 0 Å². The van der Waals surface area contributed by atoms with Crippen LogP contribution in [0.15, 0.2) is 0 Å². The van der Waals surface area contributed by atoms with E-state index in [1.807, 2.05) is 0 Å². The summed E-state index contributed by atoms with van der Waals surface area (Å²) in [7, 11) is 0. The molecule has 0 heterocycles. The van der Waals surface area contributed by atoms with Crippen molar-refractivity contribution in [2.45, 2.75) is 25.2 Å². The van der Waals surface area contributed by atoms with Gasteiger partial charge < -0.3 is 10.8 Å². The highest BCUT2D eigenvalue weighted by molar-refractivity contribution is 5.85. The van der Waals surface area contributed by atoms with Crippen LogP contribution in [0.3, 0.4) is 0 Å². The summed E-state index contributed by atoms with van der Waals surface area (Å²) in [5.74, 6) is 0. The Labute approximate surface area is 62.6 Å². The Morgan fingerprint density at radius 3 is 1.70 bits per heavy atom. The number of nitrogens with two attached hydrogens (primary N) is 1. The minimum Gasteiger partial charge on any atom is -0.391 e. The smallest absolute Gasteiger partial charge is 0.391 e. The number of rotatable bonds is 1. The van der Waals surface area contributed by atoms with E-state index in [1.165, 1.54) is 0 Å². The third kappa shape index (κ3) is 3.92. The van der Waals surface area contributed by atoms with Crippen molar-refractivity contribution in [3.63, 3.8) is 0 Å². The molecule has 0 amide bonds. The van der Waals surface area contributed by atoms with E-state index < -0.39 is 18.3 Å². The molecule has 0 saturated heterocycles. The SMILES string of the molecule is C[C@@H](O)[C@H](N)C(F)(F)F.Cl. The maximum absolute atomic E-state index is 11.4. The van der Waals surface area contributed by atoms with E-state index in [2.05, 4.69) is 5.73 Å². The van der Waals surface area contributed by atoms with Gasteiger partial charge in [0.15, 0.2) is 0 Å². The zero-order valence-electron chi connectivity index (χ0n) is 5.22. The van der Waals surface area contributed by atoms with Crippen LogP contribution in [0.2, 0.25) is 0 Å². The van der Waals surface area contributed by atoms with Gasteiger partial charge in [-0.2, -0.15) is 13.2 Å². The van der Waals surface area contributed by atoms with Crippen LogP contribution in [0.1, 0.15) is 6.92 Å². The Bertz CT molecular complexity index is 95.0. The Kier molecular flexibility index (Phi) is 5.06. The van der Waals surface area contributed by atoms with Gasteiger partial charge in [0.2, 0.25) is 0 Å². The maximum Gasteiger partial charge on any atom is 0.406 e. The molecule has 6 heteroatoms. The lowest BCUT2D eigenvalue weighted by Gasteiger charge is -2.17. The van der Waals surface area contributed by atoms with Gasteiger partial charge in [0, 0.05) is 0 Å². The van der Waals surface area contributed by atoms with Gasteiger partial charge in [0.1, 0.15) is 6.04 Å². The van der Waals surface area contributed by atoms with E-state index >= 15 is 0 Å². The van der Waals surface area contributed by atoms with E-state index in [0.717, 1.165) is 6.92 Å². The van der Waals surface area contributed by atoms with Crippen LogP contribution < -0.4 is 5.73 Å². The number of hydrogen-bond donors (Lipinski definition) is 2. The number of aliphatic hydroxyl groups excluding tert-OH is 1. The summed E-state index contributed by atoms with van der Waals surface area (Å²) in [5, 5.41) is 8.31. The largest absolute Gasteiger partial charge is 0.406 e. The highest BCUT2D eigenvalue weighted by atomic mass is 35.5. The molecular weight excluding hydrogens is 170 g/mol. The molecule has 0 aliphatic rings. The van der Waals surface area contributed by atoms with Gasteiger partial charge in [0.25, 0.3) is 0 Å². The average Bonchev–Trinajstić information content (AvgIpc) is 1.62. The highest BCUT2D eigenvalue weighted by Gasteiger charge is 2.39. The topological polar surface area (TPSA) is 46.2 Å². The van der Waals surface area contributed by atoms with Crippen molar-refractivity contribution in [1.29, 1.82) is 0 Å². The van der Waals surface area contributed by atoms with Crippen LogP contribution >= 0.6 is 12.4 Å². The van der Waals surface area contributed by atoms with Crippen molar-refractivity contribution >= 4 is 12.4 Å². The second-order valence-corrected chi connectivity index (χ2v) is 1.81. The molecule has 10 heavy (non-hydrogen) atoms. The normalized spacial score (nSPS) is 17.4. The average molecular weight is 180 g/mol. The standard InChI is InChI=1S/C4H8F3NO.ClH/c1-2(9)3(8)4(5,6)7;/h2-3,9H,8H2,1H3;1H/t2-,3+;/m1./s1. The fourth-order valence-electron chi connectivity index (χ4n) is 0.273. The van der Waals surface area contributed by atoms with E-state index in [9.17, 15) is 13.2 Å². The second kappa shape index (κ2) is 4.00. The zero-order chi connectivity index (χ0) is 7.65. The monoisotopic (exact) mass is 179 g/mol. The lowest BCUT2D eigenvalue weighted by molar-refractivity contribution is -0.166. The molecule has 0 aliphatic heterocycles. The fraction of sp³-hybridized carbons (Fsp3) is 1.00. The highest BCUT2D eigenvalue weighted by Crippen LogP contribution is 2.20. The first kappa shape index (κ1) is 12.7. The predicted octanol–water partition coefficient (Wildman–Crippen LogP) is 0.679. The van der Waals surface area contributed by atoms with Crippen molar-refractivity contribution < 1.29 is 18.3 Å². The first-order chi connectivity index (χ1) is 3.85. The van der Waals surface area contributed by atoms with Crippen molar-refractivity contribution in [2.75, 3.05) is 0 Å². The molecule has 0 unspecified atom stereocenters. The van der Waals surface area contributed by atoms with Crippen LogP contribution in [0.25, 0.3) is 0 Å². The van der Waals surface area contributed by atoms with Gasteiger partial charge in [-0.25, -0.2) is 0 Å². The van der Waals surface area contributed by atoms with E-state index in [0.29, 0.717) is 0 Å². The second-order valence-electron chi connectivity index (χ2n) is 1.81. The molecule has 0 aromatic rings. The Morgan fingerprint density at radius 1 is 1.40 bits per heavy atom. The summed E-state index contributed by atoms with van der Waals surface area (Å²) in [5.41, 5.74) is 4.52. The van der Waals surface area contributed by atoms with Gasteiger partial charge >= 0.3 is 6.18 Å². The number of hydrogen-bond acceptors (Lipinski definition) is 2. The maximum atomic E-state index is 11.4. The predicted molar refractivity (Wildman–Crippen MR) is 33.0 cm³/mol. The molecule has 0 rings (SSSR count).